The minimum Gasteiger partial charge on any atom is -0.364 e. The third kappa shape index (κ3) is 1.92. The molecule has 1 unspecified atom stereocenters. The molecule has 0 saturated heterocycles. The average molecular weight is 298 g/mol. The first-order valence-electron chi connectivity index (χ1n) is 6.90. The number of ether oxygens (including phenoxy) is 1. The van der Waals surface area contributed by atoms with Crippen LogP contribution in [0.3, 0.4) is 0 Å². The number of imidazole rings is 1. The molecule has 0 bridgehead atoms. The summed E-state index contributed by atoms with van der Waals surface area (Å²) in [5.74, 6) is 0.931. The van der Waals surface area contributed by atoms with E-state index in [4.69, 9.17) is 9.72 Å². The van der Waals surface area contributed by atoms with Crippen molar-refractivity contribution in [2.24, 2.45) is 0 Å². The van der Waals surface area contributed by atoms with Gasteiger partial charge in [-0.2, -0.15) is 0 Å². The number of carbonyl (C=O) groups is 1. The van der Waals surface area contributed by atoms with Crippen LogP contribution in [0.25, 0.3) is 11.0 Å². The third-order valence-corrected chi connectivity index (χ3v) is 4.88. The first-order chi connectivity index (χ1) is 10.3. The number of aldehydes is 1. The number of nitrogens with zero attached hydrogens (tertiary/aromatic N) is 2. The quantitative estimate of drug-likeness (QED) is 0.682. The number of aromatic nitrogens is 2. The molecule has 106 valence electrons. The highest BCUT2D eigenvalue weighted by atomic mass is 32.1. The second kappa shape index (κ2) is 4.79. The van der Waals surface area contributed by atoms with Crippen LogP contribution in [0.2, 0.25) is 0 Å². The topological polar surface area (TPSA) is 44.1 Å². The molecular weight excluding hydrogens is 284 g/mol. The summed E-state index contributed by atoms with van der Waals surface area (Å²) in [7, 11) is 0. The van der Waals surface area contributed by atoms with Gasteiger partial charge in [0.2, 0.25) is 0 Å². The number of aryl methyl sites for hydroxylation is 1. The molecule has 0 amide bonds. The van der Waals surface area contributed by atoms with Gasteiger partial charge in [-0.3, -0.25) is 4.79 Å². The Kier molecular flexibility index (Phi) is 2.90. The first kappa shape index (κ1) is 12.7. The lowest BCUT2D eigenvalue weighted by atomic mass is 10.1. The highest BCUT2D eigenvalue weighted by Gasteiger charge is 2.28. The molecule has 5 heteroatoms. The van der Waals surface area contributed by atoms with Crippen molar-refractivity contribution in [3.05, 3.63) is 51.5 Å². The Balaban J connectivity index is 1.89. The molecule has 21 heavy (non-hydrogen) atoms. The van der Waals surface area contributed by atoms with Gasteiger partial charge in [0.05, 0.1) is 22.5 Å². The standard InChI is InChI=1S/C16H14N2O2S/c1-10-12(8-11(9-19)21-10)15-16-17-13-4-2-3-5-14(13)18(16)6-7-20-15/h2-5,8-9,15H,6-7H2,1H3. The van der Waals surface area contributed by atoms with Gasteiger partial charge in [0.1, 0.15) is 11.9 Å². The van der Waals surface area contributed by atoms with Crippen LogP contribution < -0.4 is 0 Å². The predicted molar refractivity (Wildman–Crippen MR) is 82.0 cm³/mol. The number of hydrogen-bond acceptors (Lipinski definition) is 4. The van der Waals surface area contributed by atoms with E-state index in [9.17, 15) is 4.79 Å². The second-order valence-corrected chi connectivity index (χ2v) is 6.43. The largest absolute Gasteiger partial charge is 0.364 e. The van der Waals surface area contributed by atoms with Crippen LogP contribution in [-0.4, -0.2) is 22.4 Å². The fraction of sp³-hybridized carbons (Fsp3) is 0.250. The minimum absolute atomic E-state index is 0.184. The maximum atomic E-state index is 11.0. The molecule has 0 spiro atoms. The Morgan fingerprint density at radius 1 is 1.43 bits per heavy atom. The molecule has 3 aromatic rings. The van der Waals surface area contributed by atoms with E-state index in [0.29, 0.717) is 6.61 Å². The number of benzene rings is 1. The molecule has 0 aliphatic carbocycles. The van der Waals surface area contributed by atoms with E-state index in [1.54, 1.807) is 0 Å². The highest BCUT2D eigenvalue weighted by Crippen LogP contribution is 2.36. The number of carbonyl (C=O) groups excluding carboxylic acids is 1. The van der Waals surface area contributed by atoms with Crippen LogP contribution >= 0.6 is 11.3 Å². The van der Waals surface area contributed by atoms with Gasteiger partial charge in [0, 0.05) is 17.0 Å². The fourth-order valence-electron chi connectivity index (χ4n) is 2.93. The Labute approximate surface area is 126 Å². The SMILES string of the molecule is Cc1sc(C=O)cc1C1OCCn2c1nc1ccccc12. The summed E-state index contributed by atoms with van der Waals surface area (Å²) in [5.41, 5.74) is 3.19. The molecule has 1 aromatic carbocycles. The normalized spacial score (nSPS) is 17.9. The van der Waals surface area contributed by atoms with Gasteiger partial charge in [-0.15, -0.1) is 11.3 Å². The summed E-state index contributed by atoms with van der Waals surface area (Å²) in [4.78, 5) is 17.6. The Morgan fingerprint density at radius 2 is 2.29 bits per heavy atom. The van der Waals surface area contributed by atoms with Gasteiger partial charge in [-0.05, 0) is 25.1 Å². The van der Waals surface area contributed by atoms with Crippen molar-refractivity contribution in [1.29, 1.82) is 0 Å². The van der Waals surface area contributed by atoms with E-state index in [2.05, 4.69) is 10.6 Å². The lowest BCUT2D eigenvalue weighted by Gasteiger charge is -2.24. The summed E-state index contributed by atoms with van der Waals surface area (Å²) < 4.78 is 8.19. The lowest BCUT2D eigenvalue weighted by Crippen LogP contribution is -2.22. The number of fused-ring (bicyclic) bond motifs is 3. The molecule has 4 rings (SSSR count). The summed E-state index contributed by atoms with van der Waals surface area (Å²) in [6.07, 6.45) is 0.712. The van der Waals surface area contributed by atoms with Crippen LogP contribution in [0.5, 0.6) is 0 Å². The summed E-state index contributed by atoms with van der Waals surface area (Å²) >= 11 is 1.50. The second-order valence-electron chi connectivity index (χ2n) is 5.14. The van der Waals surface area contributed by atoms with Crippen molar-refractivity contribution < 1.29 is 9.53 Å². The average Bonchev–Trinajstić information content (AvgIpc) is 3.07. The van der Waals surface area contributed by atoms with Crippen molar-refractivity contribution in [3.63, 3.8) is 0 Å². The molecule has 0 radical (unpaired) electrons. The minimum atomic E-state index is -0.184. The third-order valence-electron chi connectivity index (χ3n) is 3.89. The zero-order valence-corrected chi connectivity index (χ0v) is 12.4. The van der Waals surface area contributed by atoms with E-state index < -0.39 is 0 Å². The fourth-order valence-corrected chi connectivity index (χ4v) is 3.80. The van der Waals surface area contributed by atoms with Crippen molar-refractivity contribution in [2.45, 2.75) is 19.6 Å². The van der Waals surface area contributed by atoms with Crippen molar-refractivity contribution in [1.82, 2.24) is 9.55 Å². The Hall–Kier alpha value is -1.98. The Morgan fingerprint density at radius 3 is 3.10 bits per heavy atom. The van der Waals surface area contributed by atoms with Gasteiger partial charge in [-0.1, -0.05) is 12.1 Å². The molecule has 3 heterocycles. The number of thiophene rings is 1. The molecule has 1 atom stereocenters. The van der Waals surface area contributed by atoms with Gasteiger partial charge >= 0.3 is 0 Å². The number of para-hydroxylation sites is 2. The smallest absolute Gasteiger partial charge is 0.160 e. The van der Waals surface area contributed by atoms with E-state index in [-0.39, 0.29) is 6.10 Å². The van der Waals surface area contributed by atoms with E-state index in [1.807, 2.05) is 31.2 Å². The molecule has 4 nitrogen and oxygen atoms in total. The zero-order chi connectivity index (χ0) is 14.4. The molecular formula is C16H14N2O2S. The zero-order valence-electron chi connectivity index (χ0n) is 11.6. The maximum absolute atomic E-state index is 11.0. The Bertz CT molecular complexity index is 834. The first-order valence-corrected chi connectivity index (χ1v) is 7.72. The number of rotatable bonds is 2. The lowest BCUT2D eigenvalue weighted by molar-refractivity contribution is 0.0441. The van der Waals surface area contributed by atoms with Crippen LogP contribution in [-0.2, 0) is 11.3 Å². The van der Waals surface area contributed by atoms with Gasteiger partial charge < -0.3 is 9.30 Å². The molecule has 1 aliphatic rings. The number of hydrogen-bond donors (Lipinski definition) is 0. The molecule has 2 aromatic heterocycles. The van der Waals surface area contributed by atoms with Crippen molar-refractivity contribution >= 4 is 28.7 Å². The van der Waals surface area contributed by atoms with Crippen molar-refractivity contribution in [2.75, 3.05) is 6.61 Å². The predicted octanol–water partition coefficient (Wildman–Crippen LogP) is 3.34. The van der Waals surface area contributed by atoms with Crippen LogP contribution in [0.1, 0.15) is 32.0 Å². The highest BCUT2D eigenvalue weighted by molar-refractivity contribution is 7.13. The molecule has 0 N–H and O–H groups in total. The van der Waals surface area contributed by atoms with Gasteiger partial charge in [-0.25, -0.2) is 4.98 Å². The van der Waals surface area contributed by atoms with E-state index >= 15 is 0 Å². The van der Waals surface area contributed by atoms with E-state index in [1.165, 1.54) is 11.3 Å². The van der Waals surface area contributed by atoms with Gasteiger partial charge in [0.15, 0.2) is 6.29 Å². The van der Waals surface area contributed by atoms with Crippen LogP contribution in [0, 0.1) is 6.92 Å². The van der Waals surface area contributed by atoms with E-state index in [0.717, 1.165) is 45.0 Å². The van der Waals surface area contributed by atoms with Gasteiger partial charge in [0.25, 0.3) is 0 Å². The molecule has 1 aliphatic heterocycles. The maximum Gasteiger partial charge on any atom is 0.160 e. The van der Waals surface area contributed by atoms with Crippen LogP contribution in [0.4, 0.5) is 0 Å². The summed E-state index contributed by atoms with van der Waals surface area (Å²) in [5, 5.41) is 0. The van der Waals surface area contributed by atoms with Crippen LogP contribution in [0.15, 0.2) is 30.3 Å². The molecule has 0 saturated carbocycles. The summed E-state index contributed by atoms with van der Waals surface area (Å²) in [6, 6.07) is 10.1. The molecule has 0 fully saturated rings. The van der Waals surface area contributed by atoms with Crippen molar-refractivity contribution in [3.8, 4) is 0 Å². The summed E-state index contributed by atoms with van der Waals surface area (Å²) in [6.45, 7) is 3.50. The monoisotopic (exact) mass is 298 g/mol.